The maximum absolute atomic E-state index is 14.0. The predicted molar refractivity (Wildman–Crippen MR) is 189 cm³/mol. The number of benzene rings is 2. The van der Waals surface area contributed by atoms with Crippen LogP contribution in [0.25, 0.3) is 0 Å². The quantitative estimate of drug-likeness (QED) is 0.323. The lowest BCUT2D eigenvalue weighted by Crippen LogP contribution is -2.60. The third-order valence-corrected chi connectivity index (χ3v) is 13.0. The van der Waals surface area contributed by atoms with Crippen molar-refractivity contribution in [1.29, 1.82) is 0 Å². The van der Waals surface area contributed by atoms with E-state index < -0.39 is 35.2 Å². The summed E-state index contributed by atoms with van der Waals surface area (Å²) in [6, 6.07) is 16.3. The number of Topliss-reactive ketones (excluding diaryl/α,β-unsaturated/α-hetero) is 1. The average Bonchev–Trinajstić information content (AvgIpc) is 3.54. The van der Waals surface area contributed by atoms with Crippen LogP contribution in [0.3, 0.4) is 0 Å². The molecule has 0 radical (unpaired) electrons. The van der Waals surface area contributed by atoms with Crippen LogP contribution in [0, 0.1) is 39.9 Å². The van der Waals surface area contributed by atoms with Gasteiger partial charge in [-0.15, -0.1) is 0 Å². The zero-order valence-electron chi connectivity index (χ0n) is 29.4. The minimum absolute atomic E-state index is 0.0103. The summed E-state index contributed by atoms with van der Waals surface area (Å²) >= 11 is 0. The molecule has 2 aromatic rings. The maximum atomic E-state index is 14.0. The van der Waals surface area contributed by atoms with Crippen LogP contribution in [0.15, 0.2) is 72.3 Å². The zero-order chi connectivity index (χ0) is 34.9. The van der Waals surface area contributed by atoms with Crippen molar-refractivity contribution in [3.63, 3.8) is 0 Å². The lowest BCUT2D eigenvalue weighted by molar-refractivity contribution is -0.157. The molecule has 1 saturated heterocycles. The fraction of sp³-hybridized carbons (Fsp3) is 0.537. The van der Waals surface area contributed by atoms with Crippen molar-refractivity contribution in [3.05, 3.63) is 83.5 Å². The third-order valence-electron chi connectivity index (χ3n) is 13.0. The molecule has 49 heavy (non-hydrogen) atoms. The molecule has 0 aromatic heterocycles. The van der Waals surface area contributed by atoms with E-state index in [0.29, 0.717) is 18.7 Å². The van der Waals surface area contributed by atoms with Gasteiger partial charge in [-0.05, 0) is 124 Å². The van der Waals surface area contributed by atoms with Gasteiger partial charge in [0.1, 0.15) is 12.2 Å². The highest BCUT2D eigenvalue weighted by atomic mass is 16.6. The van der Waals surface area contributed by atoms with Crippen LogP contribution in [0.5, 0.6) is 0 Å². The fourth-order valence-electron chi connectivity index (χ4n) is 10.9. The number of ether oxygens (including phenoxy) is 1. The first-order chi connectivity index (χ1) is 23.2. The minimum Gasteiger partial charge on any atom is -0.444 e. The zero-order valence-corrected chi connectivity index (χ0v) is 29.4. The molecular weight excluding hydrogens is 616 g/mol. The molecule has 0 bridgehead atoms. The third kappa shape index (κ3) is 5.55. The Kier molecular flexibility index (Phi) is 8.22. The standard InChI is InChI=1S/C41H50N2O6/c1-38(2,3)49-37(48)42-29-11-6-25(7-12-29)18-26-8-13-30(14-9-26)43-22-28-20-33-32-15-10-27-19-31(45)16-17-39(27,4)36(32)34(46)21-40(33,5)41(28,24-43)35(47)23-44/h6-9,11-14,16-17,19,28,32-34,36,44,46H,10,15,18,20-24H2,1-5H3,(H,42,48)/t28-,32-,33-,34-,36+,39-,40-,41+/m0/s1. The molecule has 4 fully saturated rings. The molecule has 3 saturated carbocycles. The monoisotopic (exact) mass is 666 g/mol. The molecule has 8 heteroatoms. The number of anilines is 2. The number of nitrogens with one attached hydrogen (secondary N) is 1. The Morgan fingerprint density at radius 3 is 2.37 bits per heavy atom. The highest BCUT2D eigenvalue weighted by Gasteiger charge is 2.73. The van der Waals surface area contributed by atoms with Gasteiger partial charge in [0.25, 0.3) is 0 Å². The first-order valence-corrected chi connectivity index (χ1v) is 17.9. The normalized spacial score (nSPS) is 34.8. The number of hydrogen-bond donors (Lipinski definition) is 3. The summed E-state index contributed by atoms with van der Waals surface area (Å²) in [5.41, 5.74) is 3.06. The Morgan fingerprint density at radius 2 is 1.71 bits per heavy atom. The Labute approximate surface area is 289 Å². The largest absolute Gasteiger partial charge is 0.444 e. The van der Waals surface area contributed by atoms with Gasteiger partial charge in [0.15, 0.2) is 11.6 Å². The number of aliphatic hydroxyl groups is 2. The second-order valence-corrected chi connectivity index (χ2v) is 16.7. The molecule has 1 aliphatic heterocycles. The van der Waals surface area contributed by atoms with Crippen molar-refractivity contribution < 1.29 is 29.3 Å². The van der Waals surface area contributed by atoms with E-state index in [0.717, 1.165) is 54.6 Å². The van der Waals surface area contributed by atoms with E-state index in [1.54, 1.807) is 12.2 Å². The number of fused-ring (bicyclic) bond motifs is 7. The van der Waals surface area contributed by atoms with Gasteiger partial charge in [-0.3, -0.25) is 14.9 Å². The number of aliphatic hydroxyl groups excluding tert-OH is 2. The summed E-state index contributed by atoms with van der Waals surface area (Å²) in [5.74, 6) is 0.548. The van der Waals surface area contributed by atoms with Crippen LogP contribution in [0.1, 0.15) is 71.4 Å². The van der Waals surface area contributed by atoms with Gasteiger partial charge in [0.05, 0.1) is 11.5 Å². The fourth-order valence-corrected chi connectivity index (χ4v) is 10.9. The van der Waals surface area contributed by atoms with Crippen molar-refractivity contribution in [2.24, 2.45) is 39.9 Å². The number of allylic oxidation sites excluding steroid dienone is 4. The van der Waals surface area contributed by atoms with Crippen LogP contribution < -0.4 is 10.2 Å². The van der Waals surface area contributed by atoms with Crippen molar-refractivity contribution in [3.8, 4) is 0 Å². The lowest BCUT2D eigenvalue weighted by Gasteiger charge is -2.60. The van der Waals surface area contributed by atoms with E-state index >= 15 is 0 Å². The second kappa shape index (κ2) is 11.9. The minimum atomic E-state index is -0.735. The molecule has 7 rings (SSSR count). The van der Waals surface area contributed by atoms with E-state index in [2.05, 4.69) is 48.3 Å². The van der Waals surface area contributed by atoms with Gasteiger partial charge in [-0.1, -0.05) is 49.8 Å². The van der Waals surface area contributed by atoms with Crippen molar-refractivity contribution >= 4 is 29.0 Å². The van der Waals surface area contributed by atoms with Gasteiger partial charge in [0.2, 0.25) is 0 Å². The van der Waals surface area contributed by atoms with Gasteiger partial charge >= 0.3 is 6.09 Å². The first-order valence-electron chi connectivity index (χ1n) is 17.9. The number of rotatable bonds is 6. The Bertz CT molecular complexity index is 1710. The van der Waals surface area contributed by atoms with Crippen molar-refractivity contribution in [2.45, 2.75) is 78.4 Å². The first kappa shape index (κ1) is 33.7. The van der Waals surface area contributed by atoms with Crippen LogP contribution >= 0.6 is 0 Å². The summed E-state index contributed by atoms with van der Waals surface area (Å²) in [4.78, 5) is 40.7. The second-order valence-electron chi connectivity index (χ2n) is 16.7. The van der Waals surface area contributed by atoms with E-state index in [-0.39, 0.29) is 40.7 Å². The summed E-state index contributed by atoms with van der Waals surface area (Å²) in [6.45, 7) is 10.7. The highest BCUT2D eigenvalue weighted by Crippen LogP contribution is 2.72. The number of carbonyl (C=O) groups is 3. The Balaban J connectivity index is 1.07. The van der Waals surface area contributed by atoms with E-state index in [1.165, 1.54) is 0 Å². The molecule has 8 nitrogen and oxygen atoms in total. The van der Waals surface area contributed by atoms with Crippen molar-refractivity contribution in [1.82, 2.24) is 0 Å². The summed E-state index contributed by atoms with van der Waals surface area (Å²) in [7, 11) is 0. The molecule has 1 heterocycles. The maximum Gasteiger partial charge on any atom is 0.412 e. The van der Waals surface area contributed by atoms with Gasteiger partial charge in [-0.25, -0.2) is 4.79 Å². The smallest absolute Gasteiger partial charge is 0.412 e. The van der Waals surface area contributed by atoms with Crippen LogP contribution in [-0.4, -0.2) is 59.3 Å². The summed E-state index contributed by atoms with van der Waals surface area (Å²) in [6.07, 6.45) is 8.30. The highest BCUT2D eigenvalue weighted by molar-refractivity contribution is 6.01. The van der Waals surface area contributed by atoms with E-state index in [1.807, 2.05) is 51.1 Å². The van der Waals surface area contributed by atoms with Gasteiger partial charge < -0.3 is 19.8 Å². The molecule has 0 unspecified atom stereocenters. The molecule has 260 valence electrons. The number of carbonyl (C=O) groups excluding carboxylic acids is 3. The van der Waals surface area contributed by atoms with Gasteiger partial charge in [-0.2, -0.15) is 0 Å². The topological polar surface area (TPSA) is 116 Å². The number of nitrogens with zero attached hydrogens (tertiary/aromatic N) is 1. The molecule has 1 amide bonds. The molecule has 4 aliphatic carbocycles. The molecule has 2 aromatic carbocycles. The van der Waals surface area contributed by atoms with Crippen LogP contribution in [0.2, 0.25) is 0 Å². The SMILES string of the molecule is CC(C)(C)OC(=O)Nc1ccc(Cc2ccc(N3C[C@@H]4C[C@H]5[C@@H]6CCC7=CC(=O)C=C[C@]7(C)[C@H]6[C@@H](O)C[C@]5(C)[C@]4(C(=O)CO)C3)cc2)cc1. The lowest BCUT2D eigenvalue weighted by atomic mass is 9.44. The van der Waals surface area contributed by atoms with E-state index in [9.17, 15) is 24.6 Å². The van der Waals surface area contributed by atoms with Crippen molar-refractivity contribution in [2.75, 3.05) is 29.9 Å². The molecule has 0 spiro atoms. The molecule has 5 aliphatic rings. The number of amides is 1. The Hall–Kier alpha value is -3.75. The van der Waals surface area contributed by atoms with Crippen LogP contribution in [0.4, 0.5) is 16.2 Å². The number of ketones is 2. The summed E-state index contributed by atoms with van der Waals surface area (Å²) < 4.78 is 5.34. The molecule has 3 N–H and O–H groups in total. The predicted octanol–water partition coefficient (Wildman–Crippen LogP) is 6.50. The summed E-state index contributed by atoms with van der Waals surface area (Å²) in [5, 5.41) is 25.1. The molecular formula is C41H50N2O6. The average molecular weight is 667 g/mol. The van der Waals surface area contributed by atoms with Gasteiger partial charge in [0, 0.05) is 35.8 Å². The molecule has 8 atom stereocenters. The number of hydrogen-bond acceptors (Lipinski definition) is 7. The van der Waals surface area contributed by atoms with Crippen LogP contribution in [-0.2, 0) is 20.7 Å². The van der Waals surface area contributed by atoms with E-state index in [4.69, 9.17) is 4.74 Å². The Morgan fingerprint density at radius 1 is 1.04 bits per heavy atom.